The van der Waals surface area contributed by atoms with Crippen LogP contribution in [0.25, 0.3) is 0 Å². The molecule has 5 rings (SSSR count). The number of carbonyl (C=O) groups excluding carboxylic acids is 4. The summed E-state index contributed by atoms with van der Waals surface area (Å²) >= 11 is 21.8. The second-order valence-electron chi connectivity index (χ2n) is 11.0. The van der Waals surface area contributed by atoms with Crippen molar-refractivity contribution in [2.45, 2.75) is 38.0 Å². The number of alkyl halides is 3. The maximum absolute atomic E-state index is 12.1. The molecular weight excluding hydrogens is 1100 g/mol. The number of esters is 2. The van der Waals surface area contributed by atoms with Crippen LogP contribution in [0.4, 0.5) is 18.0 Å². The summed E-state index contributed by atoms with van der Waals surface area (Å²) in [6, 6.07) is 4.51. The zero-order chi connectivity index (χ0) is 40.7. The maximum atomic E-state index is 12.1. The number of rotatable bonds is 6. The van der Waals surface area contributed by atoms with E-state index in [0.717, 1.165) is 3.93 Å². The van der Waals surface area contributed by atoms with Crippen LogP contribution in [0.5, 0.6) is 23.0 Å². The van der Waals surface area contributed by atoms with E-state index in [9.17, 15) is 32.3 Å². The summed E-state index contributed by atoms with van der Waals surface area (Å²) in [5, 5.41) is 0. The van der Waals surface area contributed by atoms with Gasteiger partial charge in [0.25, 0.3) is 5.91 Å². The van der Waals surface area contributed by atoms with Crippen LogP contribution in [0.2, 0.25) is 0 Å². The number of carbonyl (C=O) groups is 4. The fraction of sp³-hybridized carbons (Fsp3) is 0.433. The molecule has 0 spiro atoms. The fourth-order valence-electron chi connectivity index (χ4n) is 4.17. The van der Waals surface area contributed by atoms with Gasteiger partial charge in [-0.2, -0.15) is 3.93 Å². The van der Waals surface area contributed by atoms with Crippen molar-refractivity contribution in [3.05, 3.63) is 42.7 Å². The largest absolute Gasteiger partial charge is 0.522 e. The molecule has 14 nitrogen and oxygen atoms in total. The first-order chi connectivity index (χ1) is 25.2. The normalized spacial score (nSPS) is 18.1. The summed E-state index contributed by atoms with van der Waals surface area (Å²) in [7, 11) is 2.55. The second kappa shape index (κ2) is 19.9. The number of amides is 3. The predicted octanol–water partition coefficient (Wildman–Crippen LogP) is 8.36. The highest BCUT2D eigenvalue weighted by atomic mass is 79.9. The van der Waals surface area contributed by atoms with E-state index in [0.29, 0.717) is 43.6 Å². The van der Waals surface area contributed by atoms with Gasteiger partial charge in [-0.3, -0.25) is 9.53 Å². The monoisotopic (exact) mass is 1120 g/mol. The first-order valence-corrected chi connectivity index (χ1v) is 20.1. The molecule has 0 saturated carbocycles. The number of urea groups is 1. The molecule has 298 valence electrons. The summed E-state index contributed by atoms with van der Waals surface area (Å²) < 4.78 is 80.4. The Morgan fingerprint density at radius 3 is 2.06 bits per heavy atom. The lowest BCUT2D eigenvalue weighted by Gasteiger charge is -2.29. The average molecular weight is 1130 g/mol. The topological polar surface area (TPSA) is 149 Å². The Morgan fingerprint density at radius 1 is 0.926 bits per heavy atom. The van der Waals surface area contributed by atoms with Crippen molar-refractivity contribution in [1.82, 2.24) is 7.85 Å². The van der Waals surface area contributed by atoms with E-state index in [4.69, 9.17) is 35.9 Å². The smallest absolute Gasteiger partial charge is 0.486 e. The Balaban J connectivity index is 0.000000231. The van der Waals surface area contributed by atoms with Crippen LogP contribution in [-0.4, -0.2) is 107 Å². The van der Waals surface area contributed by atoms with Gasteiger partial charge in [0.15, 0.2) is 35.2 Å². The minimum Gasteiger partial charge on any atom is -0.486 e. The van der Waals surface area contributed by atoms with Crippen LogP contribution in [0.15, 0.2) is 31.6 Å². The molecule has 2 unspecified atom stereocenters. The Bertz CT molecular complexity index is 1780. The summed E-state index contributed by atoms with van der Waals surface area (Å²) in [6.45, 7) is 3.10. The first-order valence-electron chi connectivity index (χ1n) is 14.7. The van der Waals surface area contributed by atoms with Crippen molar-refractivity contribution in [2.75, 3.05) is 46.9 Å². The molecule has 0 N–H and O–H groups in total. The number of hydrogen-bond donors (Lipinski definition) is 0. The molecule has 1 fully saturated rings. The minimum atomic E-state index is -4.75. The van der Waals surface area contributed by atoms with E-state index in [2.05, 4.69) is 94.3 Å². The molecule has 0 aliphatic carbocycles. The molecule has 0 aromatic heterocycles. The number of nitrogens with zero attached hydrogens (tertiary/aromatic N) is 2. The van der Waals surface area contributed by atoms with Crippen LogP contribution < -0.4 is 18.9 Å². The molecule has 3 aliphatic rings. The highest BCUT2D eigenvalue weighted by molar-refractivity contribution is 9.13. The number of imide groups is 1. The van der Waals surface area contributed by atoms with Crippen molar-refractivity contribution in [2.24, 2.45) is 0 Å². The third kappa shape index (κ3) is 11.5. The van der Waals surface area contributed by atoms with Gasteiger partial charge < -0.3 is 33.2 Å². The quantitative estimate of drug-likeness (QED) is 0.0897. The van der Waals surface area contributed by atoms with Crippen molar-refractivity contribution >= 4 is 132 Å². The molecular formula is C30H28Br5F3N2O12S2. The van der Waals surface area contributed by atoms with Gasteiger partial charge in [0, 0.05) is 0 Å². The highest BCUT2D eigenvalue weighted by Gasteiger charge is 2.50. The first kappa shape index (κ1) is 46.3. The molecule has 2 atom stereocenters. The van der Waals surface area contributed by atoms with Crippen molar-refractivity contribution in [3.63, 3.8) is 0 Å². The molecule has 3 aliphatic heterocycles. The van der Waals surface area contributed by atoms with Gasteiger partial charge in [-0.05, 0) is 98.3 Å². The van der Waals surface area contributed by atoms with Gasteiger partial charge in [-0.1, -0.05) is 11.8 Å². The van der Waals surface area contributed by atoms with Gasteiger partial charge in [0.1, 0.15) is 25.4 Å². The Morgan fingerprint density at radius 2 is 1.54 bits per heavy atom. The number of benzene rings is 2. The number of halogens is 8. The van der Waals surface area contributed by atoms with Crippen LogP contribution in [0, 0.1) is 0 Å². The lowest BCUT2D eigenvalue weighted by molar-refractivity contribution is -0.330. The number of hydrogen-bond acceptors (Lipinski definition) is 14. The van der Waals surface area contributed by atoms with E-state index >= 15 is 0 Å². The van der Waals surface area contributed by atoms with Crippen LogP contribution in [0.3, 0.4) is 0 Å². The van der Waals surface area contributed by atoms with Crippen LogP contribution in [0.1, 0.15) is 34.6 Å². The summed E-state index contributed by atoms with van der Waals surface area (Å²) in [5.41, 5.74) is -0.222. The predicted molar refractivity (Wildman–Crippen MR) is 209 cm³/mol. The fourth-order valence-corrected chi connectivity index (χ4v) is 7.47. The van der Waals surface area contributed by atoms with Gasteiger partial charge in [0.05, 0.1) is 77.7 Å². The molecule has 54 heavy (non-hydrogen) atoms. The van der Waals surface area contributed by atoms with Gasteiger partial charge >= 0.3 is 24.3 Å². The highest BCUT2D eigenvalue weighted by Crippen LogP contribution is 2.50. The summed E-state index contributed by atoms with van der Waals surface area (Å²) in [6.07, 6.45) is -4.08. The average Bonchev–Trinajstić information content (AvgIpc) is 3.28. The molecule has 24 heteroatoms. The zero-order valence-electron chi connectivity index (χ0n) is 28.3. The van der Waals surface area contributed by atoms with E-state index < -0.39 is 42.6 Å². The third-order valence-corrected chi connectivity index (χ3v) is 12.6. The van der Waals surface area contributed by atoms with Gasteiger partial charge in [0.2, 0.25) is 4.38 Å². The standard InChI is InChI=1S/C13H14O5S2.C12H8Br3F3O5.C5H6Br2N2O2/c1-15-12(14)8-3-4-10-11(5-8)16-6-9(18-10)7-17-13(19)20-2;1-20-11(19)5-6(13)8(15)10-9(7(5)14)21-2-4(23-10)3-22-12(16,17)18;1-5(2)3(10)8(6)4(11)9(5)7/h3-5,9H,6-7H2,1-2H3;4H,2-3H2,1H3;1-2H3. The maximum Gasteiger partial charge on any atom is 0.522 e. The van der Waals surface area contributed by atoms with Crippen LogP contribution >= 0.6 is 104 Å². The second-order valence-corrected chi connectivity index (χ2v) is 16.2. The number of thiocarbonyl (C=S) groups is 1. The van der Waals surface area contributed by atoms with Gasteiger partial charge in [-0.25, -0.2) is 18.3 Å². The number of thioether (sulfide) groups is 1. The van der Waals surface area contributed by atoms with E-state index in [1.807, 2.05) is 6.26 Å². The molecule has 0 radical (unpaired) electrons. The summed E-state index contributed by atoms with van der Waals surface area (Å²) in [5.74, 6) is 0.122. The van der Waals surface area contributed by atoms with Crippen molar-refractivity contribution < 1.29 is 70.2 Å². The number of fused-ring (bicyclic) bond motifs is 2. The third-order valence-electron chi connectivity index (χ3n) is 6.92. The van der Waals surface area contributed by atoms with Crippen molar-refractivity contribution in [3.8, 4) is 23.0 Å². The molecule has 2 aromatic rings. The Labute approximate surface area is 358 Å². The lowest BCUT2D eigenvalue weighted by atomic mass is 10.1. The molecule has 3 heterocycles. The number of ether oxygens (including phenoxy) is 8. The van der Waals surface area contributed by atoms with E-state index in [-0.39, 0.29) is 40.2 Å². The number of methoxy groups -OCH3 is 2. The molecule has 0 bridgehead atoms. The SMILES string of the molecule is CC1(C)C(=O)N(Br)C(=O)N1Br.COC(=O)c1c(Br)c(Br)c2c(c1Br)OCC(COC(F)(F)F)O2.COC(=O)c1ccc2c(c1)OCC(COC(=S)SC)O2. The minimum absolute atomic E-state index is 0.151. The van der Waals surface area contributed by atoms with E-state index in [1.165, 1.54) is 29.9 Å². The Hall–Kier alpha value is -2.09. The summed E-state index contributed by atoms with van der Waals surface area (Å²) in [4.78, 5) is 45.5. The zero-order valence-corrected chi connectivity index (χ0v) is 37.9. The Kier molecular flexibility index (Phi) is 17.0. The van der Waals surface area contributed by atoms with E-state index in [1.54, 1.807) is 32.0 Å². The molecule has 3 amide bonds. The molecule has 2 aromatic carbocycles. The van der Waals surface area contributed by atoms with Crippen molar-refractivity contribution in [1.29, 1.82) is 0 Å². The lowest BCUT2D eigenvalue weighted by Crippen LogP contribution is -2.37. The van der Waals surface area contributed by atoms with Crippen LogP contribution in [-0.2, 0) is 23.7 Å². The van der Waals surface area contributed by atoms with Gasteiger partial charge in [-0.15, -0.1) is 13.2 Å². The molecule has 1 saturated heterocycles.